The van der Waals surface area contributed by atoms with Crippen LogP contribution in [-0.2, 0) is 6.42 Å². The first-order chi connectivity index (χ1) is 8.16. The molecular weight excluding hydrogens is 214 g/mol. The van der Waals surface area contributed by atoms with Crippen molar-refractivity contribution >= 4 is 0 Å². The van der Waals surface area contributed by atoms with Gasteiger partial charge >= 0.3 is 0 Å². The van der Waals surface area contributed by atoms with Gasteiger partial charge in [0.2, 0.25) is 0 Å². The molecule has 1 aromatic carbocycles. The third-order valence-corrected chi connectivity index (χ3v) is 3.39. The highest BCUT2D eigenvalue weighted by Gasteiger charge is 2.21. The predicted molar refractivity (Wildman–Crippen MR) is 68.1 cm³/mol. The Kier molecular flexibility index (Phi) is 4.02. The van der Waals surface area contributed by atoms with Gasteiger partial charge in [-0.1, -0.05) is 6.07 Å². The maximum atomic E-state index is 9.41. The van der Waals surface area contributed by atoms with Gasteiger partial charge < -0.3 is 15.5 Å². The van der Waals surface area contributed by atoms with Gasteiger partial charge in [-0.2, -0.15) is 0 Å². The second kappa shape index (κ2) is 5.52. The lowest BCUT2D eigenvalue weighted by Crippen LogP contribution is -2.21. The number of hydrogen-bond acceptors (Lipinski definition) is 3. The first-order valence-corrected chi connectivity index (χ1v) is 6.40. The smallest absolute Gasteiger partial charge is 0.115 e. The van der Waals surface area contributed by atoms with Gasteiger partial charge in [0.05, 0.1) is 6.10 Å². The monoisotopic (exact) mass is 235 g/mol. The fourth-order valence-corrected chi connectivity index (χ4v) is 2.49. The molecule has 0 amide bonds. The zero-order valence-electron chi connectivity index (χ0n) is 10.3. The average Bonchev–Trinajstić information content (AvgIpc) is 2.66. The van der Waals surface area contributed by atoms with Gasteiger partial charge in [-0.15, -0.1) is 0 Å². The molecule has 0 aromatic heterocycles. The van der Waals surface area contributed by atoms with Crippen molar-refractivity contribution < 1.29 is 10.2 Å². The van der Waals surface area contributed by atoms with Gasteiger partial charge in [0, 0.05) is 6.04 Å². The molecule has 0 bridgehead atoms. The number of hydrogen-bond donors (Lipinski definition) is 3. The molecule has 3 nitrogen and oxygen atoms in total. The van der Waals surface area contributed by atoms with Crippen LogP contribution in [-0.4, -0.2) is 22.9 Å². The molecule has 0 heterocycles. The normalized spacial score (nSPS) is 20.2. The number of phenolic OH excluding ortho intramolecular Hbond substituents is 1. The number of benzene rings is 1. The van der Waals surface area contributed by atoms with Crippen LogP contribution in [0.5, 0.6) is 5.75 Å². The molecule has 0 saturated carbocycles. The average molecular weight is 235 g/mol. The number of fused-ring (bicyclic) bond motifs is 1. The van der Waals surface area contributed by atoms with E-state index in [2.05, 4.69) is 5.32 Å². The van der Waals surface area contributed by atoms with Crippen molar-refractivity contribution in [3.05, 3.63) is 29.3 Å². The van der Waals surface area contributed by atoms with Crippen LogP contribution in [0.25, 0.3) is 0 Å². The number of aromatic hydroxyl groups is 1. The van der Waals surface area contributed by atoms with Crippen LogP contribution in [0, 0.1) is 0 Å². The van der Waals surface area contributed by atoms with E-state index < -0.39 is 0 Å². The van der Waals surface area contributed by atoms with E-state index >= 15 is 0 Å². The molecular formula is C14H21NO2. The van der Waals surface area contributed by atoms with Crippen LogP contribution in [0.2, 0.25) is 0 Å². The molecule has 17 heavy (non-hydrogen) atoms. The maximum Gasteiger partial charge on any atom is 0.115 e. The van der Waals surface area contributed by atoms with E-state index in [4.69, 9.17) is 0 Å². The Labute approximate surface area is 102 Å². The zero-order chi connectivity index (χ0) is 12.3. The Balaban J connectivity index is 1.85. The summed E-state index contributed by atoms with van der Waals surface area (Å²) in [6.45, 7) is 2.77. The van der Waals surface area contributed by atoms with Gasteiger partial charge in [-0.05, 0) is 62.4 Å². The van der Waals surface area contributed by atoms with E-state index in [9.17, 15) is 10.2 Å². The van der Waals surface area contributed by atoms with E-state index in [0.29, 0.717) is 11.8 Å². The Morgan fingerprint density at radius 3 is 3.06 bits per heavy atom. The first kappa shape index (κ1) is 12.4. The lowest BCUT2D eigenvalue weighted by molar-refractivity contribution is 0.181. The second-order valence-electron chi connectivity index (χ2n) is 4.92. The fraction of sp³-hybridized carbons (Fsp3) is 0.571. The van der Waals surface area contributed by atoms with E-state index in [1.165, 1.54) is 11.1 Å². The standard InChI is InChI=1S/C14H21NO2/c1-10(16)3-2-8-15-14-7-4-11-9-12(17)5-6-13(11)14/h5-6,9-10,14-17H,2-4,7-8H2,1H3. The number of rotatable bonds is 5. The molecule has 2 unspecified atom stereocenters. The van der Waals surface area contributed by atoms with Crippen LogP contribution in [0.3, 0.4) is 0 Å². The topological polar surface area (TPSA) is 52.5 Å². The van der Waals surface area contributed by atoms with Crippen LogP contribution in [0.4, 0.5) is 0 Å². The third-order valence-electron chi connectivity index (χ3n) is 3.39. The van der Waals surface area contributed by atoms with Crippen LogP contribution < -0.4 is 5.32 Å². The minimum absolute atomic E-state index is 0.204. The molecule has 2 atom stereocenters. The van der Waals surface area contributed by atoms with Gasteiger partial charge in [0.15, 0.2) is 0 Å². The predicted octanol–water partition coefficient (Wildman–Crippen LogP) is 2.13. The van der Waals surface area contributed by atoms with Gasteiger partial charge in [0.1, 0.15) is 5.75 Å². The summed E-state index contributed by atoms with van der Waals surface area (Å²) in [5.41, 5.74) is 2.58. The summed E-state index contributed by atoms with van der Waals surface area (Å²) in [6, 6.07) is 6.06. The van der Waals surface area contributed by atoms with Crippen molar-refractivity contribution in [2.24, 2.45) is 0 Å². The molecule has 2 rings (SSSR count). The molecule has 1 aliphatic rings. The first-order valence-electron chi connectivity index (χ1n) is 6.40. The minimum Gasteiger partial charge on any atom is -0.508 e. The Morgan fingerprint density at radius 2 is 2.29 bits per heavy atom. The van der Waals surface area contributed by atoms with E-state index in [1.807, 2.05) is 19.1 Å². The number of nitrogens with one attached hydrogen (secondary N) is 1. The van der Waals surface area contributed by atoms with Crippen LogP contribution >= 0.6 is 0 Å². The van der Waals surface area contributed by atoms with Crippen molar-refractivity contribution in [1.82, 2.24) is 5.32 Å². The SMILES string of the molecule is CC(O)CCCNC1CCc2cc(O)ccc21. The van der Waals surface area contributed by atoms with Crippen molar-refractivity contribution in [3.63, 3.8) is 0 Å². The Hall–Kier alpha value is -1.06. The lowest BCUT2D eigenvalue weighted by Gasteiger charge is -2.14. The fourth-order valence-electron chi connectivity index (χ4n) is 2.49. The third kappa shape index (κ3) is 3.20. The summed E-state index contributed by atoms with van der Waals surface area (Å²) in [4.78, 5) is 0. The van der Waals surface area contributed by atoms with Crippen molar-refractivity contribution in [1.29, 1.82) is 0 Å². The van der Waals surface area contributed by atoms with E-state index in [0.717, 1.165) is 32.2 Å². The highest BCUT2D eigenvalue weighted by molar-refractivity contribution is 5.39. The number of aryl methyl sites for hydroxylation is 1. The van der Waals surface area contributed by atoms with Crippen molar-refractivity contribution in [2.45, 2.75) is 44.8 Å². The van der Waals surface area contributed by atoms with Gasteiger partial charge in [-0.25, -0.2) is 0 Å². The van der Waals surface area contributed by atoms with Crippen LogP contribution in [0.1, 0.15) is 43.4 Å². The molecule has 0 fully saturated rings. The van der Waals surface area contributed by atoms with E-state index in [-0.39, 0.29) is 6.10 Å². The van der Waals surface area contributed by atoms with Gasteiger partial charge in [-0.3, -0.25) is 0 Å². The molecule has 3 heteroatoms. The summed E-state index contributed by atoms with van der Waals surface area (Å²) >= 11 is 0. The second-order valence-corrected chi connectivity index (χ2v) is 4.92. The lowest BCUT2D eigenvalue weighted by atomic mass is 10.1. The number of phenols is 1. The van der Waals surface area contributed by atoms with Gasteiger partial charge in [0.25, 0.3) is 0 Å². The maximum absolute atomic E-state index is 9.41. The molecule has 3 N–H and O–H groups in total. The molecule has 94 valence electrons. The van der Waals surface area contributed by atoms with Crippen LogP contribution in [0.15, 0.2) is 18.2 Å². The van der Waals surface area contributed by atoms with Crippen molar-refractivity contribution in [2.75, 3.05) is 6.54 Å². The largest absolute Gasteiger partial charge is 0.508 e. The van der Waals surface area contributed by atoms with E-state index in [1.54, 1.807) is 6.07 Å². The summed E-state index contributed by atoms with van der Waals surface area (Å²) in [5.74, 6) is 0.360. The van der Waals surface area contributed by atoms with Crippen molar-refractivity contribution in [3.8, 4) is 5.75 Å². The summed E-state index contributed by atoms with van der Waals surface area (Å²) in [7, 11) is 0. The summed E-state index contributed by atoms with van der Waals surface area (Å²) in [5, 5.41) is 22.1. The summed E-state index contributed by atoms with van der Waals surface area (Å²) < 4.78 is 0. The summed E-state index contributed by atoms with van der Waals surface area (Å²) in [6.07, 6.45) is 3.79. The molecule has 1 aromatic rings. The number of aliphatic hydroxyl groups is 1. The molecule has 0 spiro atoms. The zero-order valence-corrected chi connectivity index (χ0v) is 10.3. The minimum atomic E-state index is -0.204. The molecule has 0 saturated heterocycles. The quantitative estimate of drug-likeness (QED) is 0.685. The molecule has 0 radical (unpaired) electrons. The molecule has 0 aliphatic heterocycles. The molecule has 1 aliphatic carbocycles. The Morgan fingerprint density at radius 1 is 1.47 bits per heavy atom. The highest BCUT2D eigenvalue weighted by atomic mass is 16.3. The number of aliphatic hydroxyl groups excluding tert-OH is 1. The highest BCUT2D eigenvalue weighted by Crippen LogP contribution is 2.33. The Bertz CT molecular complexity index is 376.